The number of fused-ring (bicyclic) bond motifs is 1. The molecule has 1 aromatic rings. The van der Waals surface area contributed by atoms with Crippen LogP contribution < -0.4 is 9.47 Å². The Morgan fingerprint density at radius 3 is 2.35 bits per heavy atom. The maximum Gasteiger partial charge on any atom is 0.313 e. The highest BCUT2D eigenvalue weighted by Gasteiger charge is 2.33. The first-order chi connectivity index (χ1) is 7.93. The second-order valence-corrected chi connectivity index (χ2v) is 4.81. The molecule has 0 bridgehead atoms. The average molecular weight is 257 g/mol. The van der Waals surface area contributed by atoms with E-state index in [1.807, 2.05) is 0 Å². The molecule has 2 rings (SSSR count). The number of carboxylic acids is 1. The van der Waals surface area contributed by atoms with Crippen molar-refractivity contribution in [1.29, 1.82) is 0 Å². The van der Waals surface area contributed by atoms with Crippen LogP contribution in [-0.4, -0.2) is 24.3 Å². The molecule has 1 aliphatic rings. The number of benzene rings is 1. The number of ether oxygens (including phenoxy) is 2. The lowest BCUT2D eigenvalue weighted by molar-refractivity contribution is -0.142. The third-order valence-corrected chi connectivity index (χ3v) is 3.15. The van der Waals surface area contributed by atoms with Crippen LogP contribution in [0.15, 0.2) is 12.1 Å². The highest BCUT2D eigenvalue weighted by molar-refractivity contribution is 6.32. The molecule has 0 atom stereocenters. The molecule has 17 heavy (non-hydrogen) atoms. The fourth-order valence-corrected chi connectivity index (χ4v) is 2.05. The van der Waals surface area contributed by atoms with E-state index in [4.69, 9.17) is 21.1 Å². The van der Waals surface area contributed by atoms with Crippen molar-refractivity contribution in [3.63, 3.8) is 0 Å². The third-order valence-electron chi connectivity index (χ3n) is 2.84. The van der Waals surface area contributed by atoms with Crippen molar-refractivity contribution in [3.05, 3.63) is 22.7 Å². The zero-order valence-corrected chi connectivity index (χ0v) is 10.4. The average Bonchev–Trinajstić information content (AvgIpc) is 2.27. The van der Waals surface area contributed by atoms with Crippen LogP contribution in [0.5, 0.6) is 11.5 Å². The van der Waals surface area contributed by atoms with Gasteiger partial charge in [0.1, 0.15) is 13.2 Å². The molecular weight excluding hydrogens is 244 g/mol. The summed E-state index contributed by atoms with van der Waals surface area (Å²) in [5.74, 6) is 0.173. The molecule has 0 spiro atoms. The molecule has 0 radical (unpaired) electrons. The van der Waals surface area contributed by atoms with Crippen molar-refractivity contribution in [2.75, 3.05) is 13.2 Å². The molecule has 0 saturated heterocycles. The summed E-state index contributed by atoms with van der Waals surface area (Å²) in [5, 5.41) is 9.57. The Hall–Kier alpha value is -1.42. The first kappa shape index (κ1) is 12.0. The number of aliphatic carboxylic acids is 1. The van der Waals surface area contributed by atoms with Crippen molar-refractivity contribution in [3.8, 4) is 11.5 Å². The van der Waals surface area contributed by atoms with E-state index in [0.29, 0.717) is 35.3 Å². The first-order valence-electron chi connectivity index (χ1n) is 5.26. The van der Waals surface area contributed by atoms with E-state index in [-0.39, 0.29) is 0 Å². The normalized spacial score (nSPS) is 14.5. The quantitative estimate of drug-likeness (QED) is 0.883. The maximum atomic E-state index is 11.2. The van der Waals surface area contributed by atoms with Gasteiger partial charge in [-0.15, -0.1) is 0 Å². The van der Waals surface area contributed by atoms with Crippen LogP contribution in [0.4, 0.5) is 0 Å². The van der Waals surface area contributed by atoms with Gasteiger partial charge in [-0.2, -0.15) is 0 Å². The summed E-state index contributed by atoms with van der Waals surface area (Å²) >= 11 is 6.09. The van der Waals surface area contributed by atoms with Gasteiger partial charge in [-0.25, -0.2) is 0 Å². The van der Waals surface area contributed by atoms with Crippen LogP contribution in [0.1, 0.15) is 19.4 Å². The fourth-order valence-electron chi connectivity index (χ4n) is 1.66. The Labute approximate surface area is 104 Å². The number of rotatable bonds is 2. The van der Waals surface area contributed by atoms with Crippen LogP contribution in [-0.2, 0) is 10.2 Å². The molecule has 1 aliphatic heterocycles. The van der Waals surface area contributed by atoms with Crippen LogP contribution in [0.25, 0.3) is 0 Å². The van der Waals surface area contributed by atoms with E-state index in [1.54, 1.807) is 26.0 Å². The minimum absolute atomic E-state index is 0.377. The lowest BCUT2D eigenvalue weighted by Crippen LogP contribution is -2.29. The predicted molar refractivity (Wildman–Crippen MR) is 63.1 cm³/mol. The first-order valence-corrected chi connectivity index (χ1v) is 5.63. The third kappa shape index (κ3) is 2.05. The lowest BCUT2D eigenvalue weighted by Gasteiger charge is -2.25. The second kappa shape index (κ2) is 4.11. The molecule has 1 aromatic carbocycles. The highest BCUT2D eigenvalue weighted by atomic mass is 35.5. The van der Waals surface area contributed by atoms with Crippen LogP contribution in [0, 0.1) is 0 Å². The standard InChI is InChI=1S/C12H13ClO4/c1-12(2,11(14)15)7-5-9-10(6-8(7)13)17-4-3-16-9/h5-6H,3-4H2,1-2H3,(H,14,15). The summed E-state index contributed by atoms with van der Waals surface area (Å²) in [5.41, 5.74) is -0.539. The molecule has 92 valence electrons. The number of halogens is 1. The smallest absolute Gasteiger partial charge is 0.313 e. The maximum absolute atomic E-state index is 11.2. The van der Waals surface area contributed by atoms with Gasteiger partial charge >= 0.3 is 5.97 Å². The van der Waals surface area contributed by atoms with Gasteiger partial charge in [-0.3, -0.25) is 4.79 Å². The van der Waals surface area contributed by atoms with Crippen molar-refractivity contribution >= 4 is 17.6 Å². The number of hydrogen-bond acceptors (Lipinski definition) is 3. The minimum atomic E-state index is -1.06. The highest BCUT2D eigenvalue weighted by Crippen LogP contribution is 2.40. The zero-order valence-electron chi connectivity index (χ0n) is 9.62. The van der Waals surface area contributed by atoms with Crippen LogP contribution >= 0.6 is 11.6 Å². The summed E-state index contributed by atoms with van der Waals surface area (Å²) in [6.45, 7) is 4.14. The van der Waals surface area contributed by atoms with Gasteiger partial charge in [0.05, 0.1) is 5.41 Å². The van der Waals surface area contributed by atoms with E-state index >= 15 is 0 Å². The number of hydrogen-bond donors (Lipinski definition) is 1. The molecule has 0 amide bonds. The Morgan fingerprint density at radius 1 is 1.29 bits per heavy atom. The van der Waals surface area contributed by atoms with Gasteiger partial charge in [0.2, 0.25) is 0 Å². The van der Waals surface area contributed by atoms with Gasteiger partial charge in [-0.1, -0.05) is 11.6 Å². The Kier molecular flexibility index (Phi) is 2.91. The molecule has 5 heteroatoms. The van der Waals surface area contributed by atoms with Gasteiger partial charge in [0.15, 0.2) is 11.5 Å². The van der Waals surface area contributed by atoms with E-state index in [9.17, 15) is 9.90 Å². The summed E-state index contributed by atoms with van der Waals surface area (Å²) in [6, 6.07) is 3.25. The molecule has 0 aromatic heterocycles. The van der Waals surface area contributed by atoms with Gasteiger partial charge < -0.3 is 14.6 Å². The zero-order chi connectivity index (χ0) is 12.6. The molecule has 1 heterocycles. The molecular formula is C12H13ClO4. The topological polar surface area (TPSA) is 55.8 Å². The summed E-state index contributed by atoms with van der Waals surface area (Å²) < 4.78 is 10.8. The van der Waals surface area contributed by atoms with E-state index in [1.165, 1.54) is 0 Å². The van der Waals surface area contributed by atoms with E-state index < -0.39 is 11.4 Å². The Balaban J connectivity index is 2.52. The largest absolute Gasteiger partial charge is 0.486 e. The van der Waals surface area contributed by atoms with Crippen molar-refractivity contribution in [2.24, 2.45) is 0 Å². The minimum Gasteiger partial charge on any atom is -0.486 e. The number of carbonyl (C=O) groups is 1. The van der Waals surface area contributed by atoms with Gasteiger partial charge in [-0.05, 0) is 25.5 Å². The Morgan fingerprint density at radius 2 is 1.82 bits per heavy atom. The fraction of sp³-hybridized carbons (Fsp3) is 0.417. The molecule has 0 fully saturated rings. The SMILES string of the molecule is CC(C)(C(=O)O)c1cc2c(cc1Cl)OCCO2. The Bertz CT molecular complexity index is 468. The number of carboxylic acid groups (broad SMARTS) is 1. The molecule has 1 N–H and O–H groups in total. The molecule has 0 saturated carbocycles. The van der Waals surface area contributed by atoms with Gasteiger partial charge in [0.25, 0.3) is 0 Å². The summed E-state index contributed by atoms with van der Waals surface area (Å²) in [4.78, 5) is 11.2. The second-order valence-electron chi connectivity index (χ2n) is 4.41. The van der Waals surface area contributed by atoms with E-state index in [0.717, 1.165) is 0 Å². The molecule has 4 nitrogen and oxygen atoms in total. The lowest BCUT2D eigenvalue weighted by atomic mass is 9.84. The van der Waals surface area contributed by atoms with E-state index in [2.05, 4.69) is 0 Å². The van der Waals surface area contributed by atoms with Crippen molar-refractivity contribution in [2.45, 2.75) is 19.3 Å². The van der Waals surface area contributed by atoms with Gasteiger partial charge in [0, 0.05) is 11.1 Å². The van der Waals surface area contributed by atoms with Crippen molar-refractivity contribution < 1.29 is 19.4 Å². The summed E-state index contributed by atoms with van der Waals surface area (Å²) in [6.07, 6.45) is 0. The monoisotopic (exact) mass is 256 g/mol. The molecule has 0 unspecified atom stereocenters. The van der Waals surface area contributed by atoms with Crippen LogP contribution in [0.3, 0.4) is 0 Å². The van der Waals surface area contributed by atoms with Crippen LogP contribution in [0.2, 0.25) is 5.02 Å². The summed E-state index contributed by atoms with van der Waals surface area (Å²) in [7, 11) is 0. The predicted octanol–water partition coefficient (Wildman–Crippen LogP) is 2.47. The van der Waals surface area contributed by atoms with Crippen molar-refractivity contribution in [1.82, 2.24) is 0 Å². The molecule has 0 aliphatic carbocycles.